The fraction of sp³-hybridized carbons (Fsp3) is 0.467. The molecule has 1 aliphatic heterocycles. The van der Waals surface area contributed by atoms with Crippen molar-refractivity contribution < 1.29 is 14.7 Å². The number of phenolic OH excluding ortho intramolecular Hbond substituents is 1. The van der Waals surface area contributed by atoms with Crippen LogP contribution in [0.1, 0.15) is 29.9 Å². The van der Waals surface area contributed by atoms with Crippen molar-refractivity contribution in [2.75, 3.05) is 13.1 Å². The van der Waals surface area contributed by atoms with Crippen LogP contribution in [0.2, 0.25) is 0 Å². The minimum atomic E-state index is -1.09. The van der Waals surface area contributed by atoms with Gasteiger partial charge in [-0.25, -0.2) is 0 Å². The predicted molar refractivity (Wildman–Crippen MR) is 76.9 cm³/mol. The Hall–Kier alpha value is -1.92. The van der Waals surface area contributed by atoms with Crippen LogP contribution in [0.25, 0.3) is 11.4 Å². The van der Waals surface area contributed by atoms with Gasteiger partial charge < -0.3 is 20.1 Å². The number of benzene rings is 1. The van der Waals surface area contributed by atoms with Crippen molar-refractivity contribution in [3.05, 3.63) is 29.2 Å². The van der Waals surface area contributed by atoms with Crippen molar-refractivity contribution in [3.8, 4) is 17.1 Å². The van der Waals surface area contributed by atoms with E-state index in [0.717, 1.165) is 29.7 Å². The quantitative estimate of drug-likeness (QED) is 0.778. The molecule has 0 aliphatic carbocycles. The Labute approximate surface area is 122 Å². The van der Waals surface area contributed by atoms with Gasteiger partial charge in [-0.05, 0) is 56.5 Å². The third-order valence-corrected chi connectivity index (χ3v) is 3.93. The molecule has 1 aliphatic rings. The maximum absolute atomic E-state index is 10.6. The Bertz CT molecular complexity index is 637. The molecule has 0 radical (unpaired) electrons. The van der Waals surface area contributed by atoms with E-state index in [0.29, 0.717) is 18.8 Å². The highest BCUT2D eigenvalue weighted by Crippen LogP contribution is 2.31. The third kappa shape index (κ3) is 2.52. The summed E-state index contributed by atoms with van der Waals surface area (Å²) in [4.78, 5) is 4.34. The molecule has 1 saturated heterocycles. The standard InChI is InChI=1S/C15H19N3O3/c1-9-6-11(7-10(2)12(9)19)13-17-14(21-18-13)15(20)4-3-5-16-8-15/h6-7,16,19-20H,3-5,8H2,1-2H3. The van der Waals surface area contributed by atoms with Gasteiger partial charge in [0.1, 0.15) is 5.75 Å². The number of aromatic nitrogens is 2. The highest BCUT2D eigenvalue weighted by molar-refractivity contribution is 5.60. The molecule has 2 heterocycles. The smallest absolute Gasteiger partial charge is 0.260 e. The number of β-amino-alcohol motifs (C(OH)–C–C–N with tert-alkyl or cyclic N) is 1. The zero-order valence-corrected chi connectivity index (χ0v) is 12.2. The molecular formula is C15H19N3O3. The van der Waals surface area contributed by atoms with Crippen molar-refractivity contribution in [1.29, 1.82) is 0 Å². The van der Waals surface area contributed by atoms with Crippen molar-refractivity contribution in [3.63, 3.8) is 0 Å². The summed E-state index contributed by atoms with van der Waals surface area (Å²) in [5.41, 5.74) is 1.19. The molecule has 2 aromatic rings. The number of aromatic hydroxyl groups is 1. The summed E-state index contributed by atoms with van der Waals surface area (Å²) in [6.45, 7) is 4.96. The topological polar surface area (TPSA) is 91.4 Å². The average molecular weight is 289 g/mol. The summed E-state index contributed by atoms with van der Waals surface area (Å²) in [7, 11) is 0. The first kappa shape index (κ1) is 14.0. The van der Waals surface area contributed by atoms with E-state index in [2.05, 4.69) is 15.5 Å². The molecule has 112 valence electrons. The lowest BCUT2D eigenvalue weighted by Gasteiger charge is -2.28. The first-order valence-corrected chi connectivity index (χ1v) is 7.07. The molecular weight excluding hydrogens is 270 g/mol. The van der Waals surface area contributed by atoms with Gasteiger partial charge in [0.2, 0.25) is 5.82 Å². The fourth-order valence-corrected chi connectivity index (χ4v) is 2.69. The molecule has 0 amide bonds. The van der Waals surface area contributed by atoms with E-state index in [-0.39, 0.29) is 11.6 Å². The number of piperidine rings is 1. The Morgan fingerprint density at radius 2 is 2.00 bits per heavy atom. The summed E-state index contributed by atoms with van der Waals surface area (Å²) in [5, 5.41) is 27.5. The maximum Gasteiger partial charge on any atom is 0.260 e. The second-order valence-electron chi connectivity index (χ2n) is 5.69. The fourth-order valence-electron chi connectivity index (χ4n) is 2.69. The number of hydrogen-bond donors (Lipinski definition) is 3. The van der Waals surface area contributed by atoms with E-state index in [1.54, 1.807) is 12.1 Å². The highest BCUT2D eigenvalue weighted by Gasteiger charge is 2.37. The second-order valence-corrected chi connectivity index (χ2v) is 5.69. The van der Waals surface area contributed by atoms with Gasteiger partial charge in [-0.15, -0.1) is 0 Å². The van der Waals surface area contributed by atoms with Crippen LogP contribution in [0.5, 0.6) is 5.75 Å². The minimum absolute atomic E-state index is 0.244. The molecule has 3 rings (SSSR count). The van der Waals surface area contributed by atoms with E-state index >= 15 is 0 Å². The zero-order chi connectivity index (χ0) is 15.0. The van der Waals surface area contributed by atoms with Gasteiger partial charge in [0, 0.05) is 12.1 Å². The molecule has 1 aromatic heterocycles. The van der Waals surface area contributed by atoms with Crippen LogP contribution in [-0.2, 0) is 5.60 Å². The molecule has 0 spiro atoms. The van der Waals surface area contributed by atoms with Gasteiger partial charge in [-0.3, -0.25) is 0 Å². The Morgan fingerprint density at radius 3 is 2.62 bits per heavy atom. The lowest BCUT2D eigenvalue weighted by atomic mass is 9.94. The molecule has 0 saturated carbocycles. The van der Waals surface area contributed by atoms with Crippen molar-refractivity contribution in [2.45, 2.75) is 32.3 Å². The van der Waals surface area contributed by atoms with Gasteiger partial charge >= 0.3 is 0 Å². The van der Waals surface area contributed by atoms with E-state index in [9.17, 15) is 10.2 Å². The number of rotatable bonds is 2. The normalized spacial score (nSPS) is 22.4. The molecule has 3 N–H and O–H groups in total. The number of aryl methyl sites for hydroxylation is 2. The minimum Gasteiger partial charge on any atom is -0.507 e. The van der Waals surface area contributed by atoms with Crippen LogP contribution in [0, 0.1) is 13.8 Å². The van der Waals surface area contributed by atoms with Gasteiger partial charge in [0.05, 0.1) is 0 Å². The first-order valence-electron chi connectivity index (χ1n) is 7.07. The highest BCUT2D eigenvalue weighted by atomic mass is 16.5. The van der Waals surface area contributed by atoms with Gasteiger partial charge in [-0.1, -0.05) is 5.16 Å². The van der Waals surface area contributed by atoms with E-state index < -0.39 is 5.60 Å². The molecule has 21 heavy (non-hydrogen) atoms. The van der Waals surface area contributed by atoms with Crippen LogP contribution in [0.3, 0.4) is 0 Å². The number of hydrogen-bond acceptors (Lipinski definition) is 6. The molecule has 1 unspecified atom stereocenters. The van der Waals surface area contributed by atoms with Crippen molar-refractivity contribution in [1.82, 2.24) is 15.5 Å². The largest absolute Gasteiger partial charge is 0.507 e. The van der Waals surface area contributed by atoms with E-state index in [4.69, 9.17) is 4.52 Å². The second kappa shape index (κ2) is 5.13. The van der Waals surface area contributed by atoms with Crippen molar-refractivity contribution in [2.24, 2.45) is 0 Å². The Kier molecular flexibility index (Phi) is 3.43. The zero-order valence-electron chi connectivity index (χ0n) is 12.2. The average Bonchev–Trinajstić information content (AvgIpc) is 2.95. The van der Waals surface area contributed by atoms with Crippen LogP contribution < -0.4 is 5.32 Å². The number of phenols is 1. The van der Waals surface area contributed by atoms with E-state index in [1.807, 2.05) is 13.8 Å². The van der Waals surface area contributed by atoms with Crippen LogP contribution in [0.4, 0.5) is 0 Å². The summed E-state index contributed by atoms with van der Waals surface area (Å²) in [6.07, 6.45) is 1.47. The Balaban J connectivity index is 1.95. The third-order valence-electron chi connectivity index (χ3n) is 3.93. The summed E-state index contributed by atoms with van der Waals surface area (Å²) in [5.74, 6) is 0.945. The lowest BCUT2D eigenvalue weighted by Crippen LogP contribution is -2.43. The van der Waals surface area contributed by atoms with E-state index in [1.165, 1.54) is 0 Å². The maximum atomic E-state index is 10.6. The lowest BCUT2D eigenvalue weighted by molar-refractivity contribution is -0.0167. The van der Waals surface area contributed by atoms with Crippen molar-refractivity contribution >= 4 is 0 Å². The van der Waals surface area contributed by atoms with Gasteiger partial charge in [0.15, 0.2) is 5.60 Å². The van der Waals surface area contributed by atoms with Gasteiger partial charge in [0.25, 0.3) is 5.89 Å². The first-order chi connectivity index (χ1) is 9.99. The summed E-state index contributed by atoms with van der Waals surface area (Å²) >= 11 is 0. The van der Waals surface area contributed by atoms with Crippen LogP contribution in [-0.4, -0.2) is 33.4 Å². The summed E-state index contributed by atoms with van der Waals surface area (Å²) < 4.78 is 5.26. The predicted octanol–water partition coefficient (Wildman–Crippen LogP) is 1.63. The number of aliphatic hydroxyl groups is 1. The summed E-state index contributed by atoms with van der Waals surface area (Å²) in [6, 6.07) is 3.61. The van der Waals surface area contributed by atoms with Gasteiger partial charge in [-0.2, -0.15) is 4.98 Å². The molecule has 0 bridgehead atoms. The molecule has 1 atom stereocenters. The molecule has 6 heteroatoms. The number of nitrogens with zero attached hydrogens (tertiary/aromatic N) is 2. The molecule has 1 fully saturated rings. The molecule has 1 aromatic carbocycles. The monoisotopic (exact) mass is 289 g/mol. The number of nitrogens with one attached hydrogen (secondary N) is 1. The molecule has 6 nitrogen and oxygen atoms in total. The SMILES string of the molecule is Cc1cc(-c2noc(C3(O)CCCNC3)n2)cc(C)c1O. The van der Waals surface area contributed by atoms with Crippen LogP contribution >= 0.6 is 0 Å². The Morgan fingerprint density at radius 1 is 1.29 bits per heavy atom. The van der Waals surface area contributed by atoms with Crippen LogP contribution in [0.15, 0.2) is 16.7 Å².